The van der Waals surface area contributed by atoms with Gasteiger partial charge in [-0.3, -0.25) is 4.79 Å². The zero-order valence-corrected chi connectivity index (χ0v) is 12.0. The smallest absolute Gasteiger partial charge is 0.278 e. The third-order valence-electron chi connectivity index (χ3n) is 3.06. The molecule has 0 saturated heterocycles. The van der Waals surface area contributed by atoms with Crippen LogP contribution in [0.2, 0.25) is 0 Å². The zero-order chi connectivity index (χ0) is 15.7. The Kier molecular flexibility index (Phi) is 3.54. The van der Waals surface area contributed by atoms with Crippen LogP contribution < -0.4 is 5.56 Å². The van der Waals surface area contributed by atoms with E-state index in [1.54, 1.807) is 12.1 Å². The van der Waals surface area contributed by atoms with E-state index in [4.69, 9.17) is 4.52 Å². The van der Waals surface area contributed by atoms with Crippen molar-refractivity contribution in [3.63, 3.8) is 0 Å². The van der Waals surface area contributed by atoms with Gasteiger partial charge in [-0.1, -0.05) is 5.16 Å². The lowest BCUT2D eigenvalue weighted by Crippen LogP contribution is -2.23. The summed E-state index contributed by atoms with van der Waals surface area (Å²) in [7, 11) is 0. The lowest BCUT2D eigenvalue weighted by atomic mass is 10.2. The van der Waals surface area contributed by atoms with E-state index in [1.165, 1.54) is 28.9 Å². The molecule has 3 rings (SSSR count). The summed E-state index contributed by atoms with van der Waals surface area (Å²) in [6.45, 7) is 3.71. The SMILES string of the molecule is CC(C)n1nc(-c2nc(-c3ccc(F)cc3)no2)ccc1=O. The van der Waals surface area contributed by atoms with Crippen molar-refractivity contribution in [2.75, 3.05) is 0 Å². The second-order valence-electron chi connectivity index (χ2n) is 5.03. The number of rotatable bonds is 3. The first-order valence-corrected chi connectivity index (χ1v) is 6.74. The summed E-state index contributed by atoms with van der Waals surface area (Å²) in [4.78, 5) is 15.9. The highest BCUT2D eigenvalue weighted by Gasteiger charge is 2.14. The molecule has 0 fully saturated rings. The number of hydrogen-bond donors (Lipinski definition) is 0. The normalized spacial score (nSPS) is 11.1. The molecule has 0 spiro atoms. The average Bonchev–Trinajstić information content (AvgIpc) is 2.98. The second kappa shape index (κ2) is 5.51. The Balaban J connectivity index is 1.99. The van der Waals surface area contributed by atoms with Crippen LogP contribution >= 0.6 is 0 Å². The maximum Gasteiger partial charge on any atom is 0.278 e. The van der Waals surface area contributed by atoms with Crippen molar-refractivity contribution in [3.05, 3.63) is 52.6 Å². The minimum Gasteiger partial charge on any atom is -0.332 e. The molecule has 0 saturated carbocycles. The summed E-state index contributed by atoms with van der Waals surface area (Å²) in [6.07, 6.45) is 0. The minimum atomic E-state index is -0.335. The van der Waals surface area contributed by atoms with Gasteiger partial charge in [-0.15, -0.1) is 0 Å². The Labute approximate surface area is 125 Å². The van der Waals surface area contributed by atoms with E-state index in [2.05, 4.69) is 15.2 Å². The maximum atomic E-state index is 12.9. The van der Waals surface area contributed by atoms with Crippen molar-refractivity contribution >= 4 is 0 Å². The predicted octanol–water partition coefficient (Wildman–Crippen LogP) is 2.68. The summed E-state index contributed by atoms with van der Waals surface area (Å²) >= 11 is 0. The van der Waals surface area contributed by atoms with Crippen LogP contribution in [0.25, 0.3) is 23.0 Å². The van der Waals surface area contributed by atoms with Gasteiger partial charge >= 0.3 is 0 Å². The van der Waals surface area contributed by atoms with Crippen LogP contribution in [0, 0.1) is 5.82 Å². The largest absolute Gasteiger partial charge is 0.332 e. The van der Waals surface area contributed by atoms with E-state index in [0.29, 0.717) is 17.1 Å². The maximum absolute atomic E-state index is 12.9. The summed E-state index contributed by atoms with van der Waals surface area (Å²) in [5, 5.41) is 8.06. The molecule has 3 aromatic rings. The van der Waals surface area contributed by atoms with Gasteiger partial charge in [0.15, 0.2) is 0 Å². The van der Waals surface area contributed by atoms with Gasteiger partial charge in [0.1, 0.15) is 11.5 Å². The molecular formula is C15H13FN4O2. The first-order valence-electron chi connectivity index (χ1n) is 6.74. The van der Waals surface area contributed by atoms with Crippen molar-refractivity contribution in [2.45, 2.75) is 19.9 Å². The average molecular weight is 300 g/mol. The van der Waals surface area contributed by atoms with Crippen LogP contribution in [0.15, 0.2) is 45.7 Å². The number of aromatic nitrogens is 4. The van der Waals surface area contributed by atoms with Gasteiger partial charge in [-0.05, 0) is 44.2 Å². The van der Waals surface area contributed by atoms with E-state index in [-0.39, 0.29) is 23.3 Å². The van der Waals surface area contributed by atoms with E-state index in [9.17, 15) is 9.18 Å². The first-order chi connectivity index (χ1) is 10.5. The number of nitrogens with zero attached hydrogens (tertiary/aromatic N) is 4. The monoisotopic (exact) mass is 300 g/mol. The summed E-state index contributed by atoms with van der Waals surface area (Å²) in [5.74, 6) is 0.200. The second-order valence-corrected chi connectivity index (χ2v) is 5.03. The van der Waals surface area contributed by atoms with Gasteiger partial charge in [0.2, 0.25) is 5.82 Å². The Hall–Kier alpha value is -2.83. The molecule has 0 amide bonds. The van der Waals surface area contributed by atoms with Crippen LogP contribution in [0.5, 0.6) is 0 Å². The van der Waals surface area contributed by atoms with Crippen LogP contribution in [0.1, 0.15) is 19.9 Å². The molecule has 112 valence electrons. The van der Waals surface area contributed by atoms with Gasteiger partial charge in [0.05, 0.1) is 6.04 Å². The summed E-state index contributed by atoms with van der Waals surface area (Å²) < 4.78 is 19.4. The summed E-state index contributed by atoms with van der Waals surface area (Å²) in [5.41, 5.74) is 0.847. The Morgan fingerprint density at radius 2 is 1.86 bits per heavy atom. The standard InChI is InChI=1S/C15H13FN4O2/c1-9(2)20-13(21)8-7-12(18-20)15-17-14(19-22-15)10-3-5-11(16)6-4-10/h3-9H,1-2H3. The fourth-order valence-corrected chi connectivity index (χ4v) is 1.95. The lowest BCUT2D eigenvalue weighted by Gasteiger charge is -2.07. The quantitative estimate of drug-likeness (QED) is 0.743. The van der Waals surface area contributed by atoms with Crippen LogP contribution in [-0.4, -0.2) is 19.9 Å². The Morgan fingerprint density at radius 1 is 1.14 bits per heavy atom. The molecule has 0 unspecified atom stereocenters. The zero-order valence-electron chi connectivity index (χ0n) is 12.0. The van der Waals surface area contributed by atoms with Gasteiger partial charge in [0.25, 0.3) is 11.4 Å². The molecule has 7 heteroatoms. The van der Waals surface area contributed by atoms with Crippen molar-refractivity contribution in [1.82, 2.24) is 19.9 Å². The van der Waals surface area contributed by atoms with Gasteiger partial charge in [-0.2, -0.15) is 10.1 Å². The predicted molar refractivity (Wildman–Crippen MR) is 77.6 cm³/mol. The van der Waals surface area contributed by atoms with E-state index in [1.807, 2.05) is 13.8 Å². The highest BCUT2D eigenvalue weighted by atomic mass is 19.1. The molecule has 0 aliphatic heterocycles. The Morgan fingerprint density at radius 3 is 2.55 bits per heavy atom. The van der Waals surface area contributed by atoms with E-state index in [0.717, 1.165) is 0 Å². The number of halogens is 1. The molecule has 2 heterocycles. The van der Waals surface area contributed by atoms with Gasteiger partial charge in [0, 0.05) is 11.6 Å². The molecule has 1 aromatic carbocycles. The van der Waals surface area contributed by atoms with Crippen molar-refractivity contribution < 1.29 is 8.91 Å². The van der Waals surface area contributed by atoms with Gasteiger partial charge in [-0.25, -0.2) is 9.07 Å². The summed E-state index contributed by atoms with van der Waals surface area (Å²) in [6, 6.07) is 8.63. The van der Waals surface area contributed by atoms with Crippen LogP contribution in [0.4, 0.5) is 4.39 Å². The van der Waals surface area contributed by atoms with Crippen molar-refractivity contribution in [3.8, 4) is 23.0 Å². The van der Waals surface area contributed by atoms with Crippen LogP contribution in [0.3, 0.4) is 0 Å². The fraction of sp³-hybridized carbons (Fsp3) is 0.200. The molecule has 22 heavy (non-hydrogen) atoms. The molecule has 0 atom stereocenters. The topological polar surface area (TPSA) is 73.8 Å². The molecular weight excluding hydrogens is 287 g/mol. The fourth-order valence-electron chi connectivity index (χ4n) is 1.95. The molecule has 0 radical (unpaired) electrons. The molecule has 0 bridgehead atoms. The number of hydrogen-bond acceptors (Lipinski definition) is 5. The minimum absolute atomic E-state index is 0.0769. The lowest BCUT2D eigenvalue weighted by molar-refractivity contribution is 0.426. The highest BCUT2D eigenvalue weighted by molar-refractivity contribution is 5.57. The van der Waals surface area contributed by atoms with Crippen molar-refractivity contribution in [2.24, 2.45) is 0 Å². The van der Waals surface area contributed by atoms with E-state index < -0.39 is 0 Å². The molecule has 0 aliphatic rings. The van der Waals surface area contributed by atoms with Crippen LogP contribution in [-0.2, 0) is 0 Å². The first kappa shape index (κ1) is 14.1. The Bertz CT molecular complexity index is 852. The van der Waals surface area contributed by atoms with Gasteiger partial charge < -0.3 is 4.52 Å². The third kappa shape index (κ3) is 2.65. The highest BCUT2D eigenvalue weighted by Crippen LogP contribution is 2.20. The number of benzene rings is 1. The third-order valence-corrected chi connectivity index (χ3v) is 3.06. The van der Waals surface area contributed by atoms with E-state index >= 15 is 0 Å². The molecule has 6 nitrogen and oxygen atoms in total. The molecule has 0 N–H and O–H groups in total. The molecule has 0 aliphatic carbocycles. The van der Waals surface area contributed by atoms with Crippen molar-refractivity contribution in [1.29, 1.82) is 0 Å². The molecule has 2 aromatic heterocycles.